The maximum Gasteiger partial charge on any atom is 0.0725 e. The molecule has 0 aromatic heterocycles. The topological polar surface area (TPSA) is 3.24 Å². The van der Waals surface area contributed by atoms with Gasteiger partial charge in [-0.25, -0.2) is 0 Å². The van der Waals surface area contributed by atoms with E-state index >= 15 is 0 Å². The van der Waals surface area contributed by atoms with Crippen LogP contribution in [0.1, 0.15) is 47.2 Å². The van der Waals surface area contributed by atoms with Crippen LogP contribution < -0.4 is 4.90 Å². The number of rotatable bonds is 3. The molecular weight excluding hydrogens is 567 g/mol. The maximum atomic E-state index is 2.44. The SMILES string of the molecule is CC1(C)c2ccccc2-c2cc(N(c3ccccc3)c3ccc4c(c3)-c3ccccc3C43c4ccccc4-c4ccccc43)ccc21. The summed E-state index contributed by atoms with van der Waals surface area (Å²) in [7, 11) is 0. The van der Waals surface area contributed by atoms with Crippen molar-refractivity contribution in [3.8, 4) is 33.4 Å². The molecule has 0 amide bonds. The average Bonchev–Trinajstić information content (AvgIpc) is 3.68. The average molecular weight is 600 g/mol. The van der Waals surface area contributed by atoms with Crippen molar-refractivity contribution in [1.29, 1.82) is 0 Å². The summed E-state index contributed by atoms with van der Waals surface area (Å²) < 4.78 is 0. The predicted octanol–water partition coefficient (Wildman–Crippen LogP) is 11.8. The van der Waals surface area contributed by atoms with E-state index in [-0.39, 0.29) is 10.8 Å². The number of nitrogens with zero attached hydrogens (tertiary/aromatic N) is 1. The molecule has 0 fully saturated rings. The number of para-hydroxylation sites is 1. The molecule has 0 unspecified atom stereocenters. The van der Waals surface area contributed by atoms with Gasteiger partial charge in [-0.1, -0.05) is 141 Å². The Morgan fingerprint density at radius 1 is 0.319 bits per heavy atom. The first kappa shape index (κ1) is 26.5. The van der Waals surface area contributed by atoms with Gasteiger partial charge in [0, 0.05) is 22.5 Å². The Labute approximate surface area is 276 Å². The minimum atomic E-state index is -0.335. The minimum absolute atomic E-state index is 0.0263. The number of fused-ring (bicyclic) bond motifs is 13. The second kappa shape index (κ2) is 9.44. The zero-order chi connectivity index (χ0) is 31.3. The molecule has 1 heteroatoms. The number of hydrogen-bond acceptors (Lipinski definition) is 1. The van der Waals surface area contributed by atoms with Gasteiger partial charge < -0.3 is 4.90 Å². The first-order valence-electron chi connectivity index (χ1n) is 16.6. The van der Waals surface area contributed by atoms with Crippen LogP contribution in [0.5, 0.6) is 0 Å². The van der Waals surface area contributed by atoms with Gasteiger partial charge in [0.15, 0.2) is 0 Å². The molecule has 1 spiro atoms. The molecule has 10 rings (SSSR count). The summed E-state index contributed by atoms with van der Waals surface area (Å²) in [4.78, 5) is 2.43. The first-order chi connectivity index (χ1) is 23.1. The standard InChI is InChI=1S/C46H33N/c1-45(2)39-20-10-6-18-35(39)37-28-31(24-26-40(37)45)47(30-14-4-3-5-15-30)32-25-27-44-38(29-32)36-19-9-13-23-43(36)46(44)41-21-11-7-16-33(41)34-17-8-12-22-42(34)46/h3-29H,1-2H3. The summed E-state index contributed by atoms with van der Waals surface area (Å²) >= 11 is 0. The maximum absolute atomic E-state index is 2.44. The molecule has 3 aliphatic carbocycles. The van der Waals surface area contributed by atoms with E-state index < -0.39 is 0 Å². The third kappa shape index (κ3) is 3.39. The van der Waals surface area contributed by atoms with Crippen LogP contribution in [0.25, 0.3) is 33.4 Å². The number of hydrogen-bond donors (Lipinski definition) is 0. The van der Waals surface area contributed by atoms with E-state index in [1.165, 1.54) is 72.4 Å². The molecule has 222 valence electrons. The van der Waals surface area contributed by atoms with Gasteiger partial charge in [0.1, 0.15) is 0 Å². The molecule has 7 aromatic rings. The van der Waals surface area contributed by atoms with E-state index in [4.69, 9.17) is 0 Å². The molecule has 47 heavy (non-hydrogen) atoms. The normalized spacial score (nSPS) is 14.9. The lowest BCUT2D eigenvalue weighted by atomic mass is 9.70. The van der Waals surface area contributed by atoms with Crippen LogP contribution >= 0.6 is 0 Å². The Balaban J connectivity index is 1.21. The van der Waals surface area contributed by atoms with Gasteiger partial charge in [0.2, 0.25) is 0 Å². The lowest BCUT2D eigenvalue weighted by Crippen LogP contribution is -2.25. The smallest absolute Gasteiger partial charge is 0.0725 e. The summed E-state index contributed by atoms with van der Waals surface area (Å²) in [5.74, 6) is 0. The van der Waals surface area contributed by atoms with Crippen LogP contribution in [0.3, 0.4) is 0 Å². The van der Waals surface area contributed by atoms with Crippen molar-refractivity contribution >= 4 is 17.1 Å². The third-order valence-electron chi connectivity index (χ3n) is 11.1. The Morgan fingerprint density at radius 3 is 1.23 bits per heavy atom. The molecule has 0 atom stereocenters. The fourth-order valence-electron chi connectivity index (χ4n) is 9.10. The van der Waals surface area contributed by atoms with Gasteiger partial charge in [0.25, 0.3) is 0 Å². The minimum Gasteiger partial charge on any atom is -0.310 e. The molecule has 0 radical (unpaired) electrons. The molecule has 0 bridgehead atoms. The first-order valence-corrected chi connectivity index (χ1v) is 16.6. The monoisotopic (exact) mass is 599 g/mol. The molecule has 1 nitrogen and oxygen atoms in total. The third-order valence-corrected chi connectivity index (χ3v) is 11.1. The van der Waals surface area contributed by atoms with E-state index in [1.807, 2.05) is 0 Å². The molecule has 0 N–H and O–H groups in total. The molecule has 0 saturated heterocycles. The zero-order valence-electron chi connectivity index (χ0n) is 26.5. The predicted molar refractivity (Wildman–Crippen MR) is 195 cm³/mol. The largest absolute Gasteiger partial charge is 0.310 e. The summed E-state index contributed by atoms with van der Waals surface area (Å²) in [6.45, 7) is 4.69. The van der Waals surface area contributed by atoms with Gasteiger partial charge in [0.05, 0.1) is 5.41 Å². The van der Waals surface area contributed by atoms with E-state index in [1.54, 1.807) is 0 Å². The Kier molecular flexibility index (Phi) is 5.33. The lowest BCUT2D eigenvalue weighted by Gasteiger charge is -2.31. The zero-order valence-corrected chi connectivity index (χ0v) is 26.5. The highest BCUT2D eigenvalue weighted by Crippen LogP contribution is 2.63. The van der Waals surface area contributed by atoms with Crippen molar-refractivity contribution in [2.24, 2.45) is 0 Å². The fourth-order valence-corrected chi connectivity index (χ4v) is 9.10. The fraction of sp³-hybridized carbons (Fsp3) is 0.0870. The second-order valence-corrected chi connectivity index (χ2v) is 13.7. The number of anilines is 3. The van der Waals surface area contributed by atoms with Crippen molar-refractivity contribution in [2.45, 2.75) is 24.7 Å². The molecule has 0 aliphatic heterocycles. The van der Waals surface area contributed by atoms with E-state index in [0.717, 1.165) is 11.4 Å². The van der Waals surface area contributed by atoms with E-state index in [2.05, 4.69) is 183 Å². The molecule has 0 heterocycles. The molecular formula is C46H33N. The highest BCUT2D eigenvalue weighted by molar-refractivity contribution is 5.96. The summed E-state index contributed by atoms with van der Waals surface area (Å²) in [6, 6.07) is 61.0. The second-order valence-electron chi connectivity index (χ2n) is 13.7. The highest BCUT2D eigenvalue weighted by atomic mass is 15.1. The molecule has 3 aliphatic rings. The Bertz CT molecular complexity index is 2350. The van der Waals surface area contributed by atoms with Gasteiger partial charge in [-0.15, -0.1) is 0 Å². The van der Waals surface area contributed by atoms with Gasteiger partial charge in [-0.3, -0.25) is 0 Å². The summed E-state index contributed by atoms with van der Waals surface area (Å²) in [5, 5.41) is 0. The van der Waals surface area contributed by atoms with Crippen LogP contribution in [0, 0.1) is 0 Å². The van der Waals surface area contributed by atoms with Crippen molar-refractivity contribution < 1.29 is 0 Å². The van der Waals surface area contributed by atoms with Crippen LogP contribution in [0.2, 0.25) is 0 Å². The van der Waals surface area contributed by atoms with Crippen LogP contribution in [-0.2, 0) is 10.8 Å². The quantitative estimate of drug-likeness (QED) is 0.195. The van der Waals surface area contributed by atoms with E-state index in [9.17, 15) is 0 Å². The van der Waals surface area contributed by atoms with Crippen molar-refractivity contribution in [3.63, 3.8) is 0 Å². The molecule has 0 saturated carbocycles. The van der Waals surface area contributed by atoms with Crippen LogP contribution in [-0.4, -0.2) is 0 Å². The van der Waals surface area contributed by atoms with Gasteiger partial charge in [-0.05, 0) is 103 Å². The van der Waals surface area contributed by atoms with Gasteiger partial charge in [-0.2, -0.15) is 0 Å². The number of benzene rings is 7. The Morgan fingerprint density at radius 2 is 0.681 bits per heavy atom. The summed E-state index contributed by atoms with van der Waals surface area (Å²) in [6.07, 6.45) is 0. The highest BCUT2D eigenvalue weighted by Gasteiger charge is 2.51. The van der Waals surface area contributed by atoms with Crippen molar-refractivity contribution in [3.05, 3.63) is 197 Å². The Hall–Kier alpha value is -5.66. The van der Waals surface area contributed by atoms with Crippen molar-refractivity contribution in [1.82, 2.24) is 0 Å². The van der Waals surface area contributed by atoms with Crippen molar-refractivity contribution in [2.75, 3.05) is 4.90 Å². The van der Waals surface area contributed by atoms with Gasteiger partial charge >= 0.3 is 0 Å². The van der Waals surface area contributed by atoms with Crippen LogP contribution in [0.15, 0.2) is 164 Å². The van der Waals surface area contributed by atoms with Crippen LogP contribution in [0.4, 0.5) is 17.1 Å². The van der Waals surface area contributed by atoms with E-state index in [0.29, 0.717) is 0 Å². The lowest BCUT2D eigenvalue weighted by molar-refractivity contribution is 0.660. The summed E-state index contributed by atoms with van der Waals surface area (Å²) in [5.41, 5.74) is 19.3. The molecule has 7 aromatic carbocycles.